The van der Waals surface area contributed by atoms with Gasteiger partial charge in [-0.25, -0.2) is 0 Å². The molecule has 1 heterocycles. The monoisotopic (exact) mass is 231 g/mol. The van der Waals surface area contributed by atoms with Crippen molar-refractivity contribution < 1.29 is 0 Å². The summed E-state index contributed by atoms with van der Waals surface area (Å²) in [6, 6.07) is 1.92. The zero-order chi connectivity index (χ0) is 11.5. The Labute approximate surface area is 102 Å². The molecule has 0 aromatic carbocycles. The van der Waals surface area contributed by atoms with E-state index in [9.17, 15) is 0 Å². The van der Waals surface area contributed by atoms with Gasteiger partial charge in [-0.15, -0.1) is 0 Å². The normalized spacial score (nSPS) is 43.2. The van der Waals surface area contributed by atoms with Crippen molar-refractivity contribution >= 4 is 5.82 Å². The summed E-state index contributed by atoms with van der Waals surface area (Å²) in [5, 5.41) is 4.38. The van der Waals surface area contributed by atoms with Gasteiger partial charge in [0.15, 0.2) is 0 Å². The van der Waals surface area contributed by atoms with E-state index >= 15 is 0 Å². The van der Waals surface area contributed by atoms with Crippen molar-refractivity contribution in [1.82, 2.24) is 9.78 Å². The van der Waals surface area contributed by atoms with Crippen LogP contribution in [0.3, 0.4) is 0 Å². The number of anilines is 1. The lowest BCUT2D eigenvalue weighted by Gasteiger charge is -2.56. The fraction of sp³-hybridized carbons (Fsp3) is 0.786. The topological polar surface area (TPSA) is 43.8 Å². The summed E-state index contributed by atoms with van der Waals surface area (Å²) in [7, 11) is 0. The number of rotatable bonds is 2. The van der Waals surface area contributed by atoms with E-state index in [-0.39, 0.29) is 0 Å². The largest absolute Gasteiger partial charge is 0.382 e. The Morgan fingerprint density at radius 1 is 1.18 bits per heavy atom. The Morgan fingerprint density at radius 2 is 1.76 bits per heavy atom. The van der Waals surface area contributed by atoms with E-state index in [2.05, 4.69) is 9.78 Å². The minimum atomic E-state index is 0.563. The SMILES string of the molecule is Nc1ccn(CC23CC4CC(CC(C4)C2)C3)n1. The second-order valence-corrected chi connectivity index (χ2v) is 6.86. The molecule has 4 bridgehead atoms. The van der Waals surface area contributed by atoms with Gasteiger partial charge < -0.3 is 5.73 Å². The maximum Gasteiger partial charge on any atom is 0.145 e. The van der Waals surface area contributed by atoms with Gasteiger partial charge >= 0.3 is 0 Å². The highest BCUT2D eigenvalue weighted by Gasteiger charge is 2.50. The average molecular weight is 231 g/mol. The molecule has 0 amide bonds. The first-order chi connectivity index (χ1) is 8.21. The molecule has 4 saturated carbocycles. The number of hydrogen-bond donors (Lipinski definition) is 1. The molecule has 0 saturated heterocycles. The van der Waals surface area contributed by atoms with Crippen molar-refractivity contribution in [2.24, 2.45) is 23.2 Å². The van der Waals surface area contributed by atoms with Gasteiger partial charge in [-0.3, -0.25) is 4.68 Å². The Balaban J connectivity index is 1.60. The van der Waals surface area contributed by atoms with Gasteiger partial charge in [-0.1, -0.05) is 0 Å². The van der Waals surface area contributed by atoms with Crippen LogP contribution in [-0.4, -0.2) is 9.78 Å². The predicted octanol–water partition coefficient (Wildman–Crippen LogP) is 2.68. The zero-order valence-corrected chi connectivity index (χ0v) is 10.3. The van der Waals surface area contributed by atoms with Crippen molar-refractivity contribution in [2.75, 3.05) is 5.73 Å². The Morgan fingerprint density at radius 3 is 2.24 bits per heavy atom. The molecule has 17 heavy (non-hydrogen) atoms. The number of hydrogen-bond acceptors (Lipinski definition) is 2. The molecule has 1 aromatic heterocycles. The van der Waals surface area contributed by atoms with Crippen molar-refractivity contribution in [1.29, 1.82) is 0 Å². The molecule has 0 unspecified atom stereocenters. The van der Waals surface area contributed by atoms with Gasteiger partial charge in [-0.05, 0) is 67.8 Å². The van der Waals surface area contributed by atoms with Crippen LogP contribution in [0.5, 0.6) is 0 Å². The van der Waals surface area contributed by atoms with Crippen LogP contribution in [0, 0.1) is 23.2 Å². The quantitative estimate of drug-likeness (QED) is 0.850. The number of nitrogens with two attached hydrogens (primary N) is 1. The lowest BCUT2D eigenvalue weighted by molar-refractivity contribution is -0.0635. The lowest BCUT2D eigenvalue weighted by Crippen LogP contribution is -2.47. The molecule has 5 rings (SSSR count). The molecule has 4 aliphatic carbocycles. The summed E-state index contributed by atoms with van der Waals surface area (Å²) in [6.45, 7) is 1.10. The third-order valence-corrected chi connectivity index (χ3v) is 5.32. The average Bonchev–Trinajstić information content (AvgIpc) is 2.60. The molecule has 0 radical (unpaired) electrons. The summed E-state index contributed by atoms with van der Waals surface area (Å²) in [5.74, 6) is 3.73. The van der Waals surface area contributed by atoms with E-state index in [0.717, 1.165) is 24.3 Å². The summed E-state index contributed by atoms with van der Waals surface area (Å²) < 4.78 is 2.09. The Kier molecular flexibility index (Phi) is 1.92. The van der Waals surface area contributed by atoms with Crippen LogP contribution in [0.25, 0.3) is 0 Å². The molecule has 4 aliphatic rings. The van der Waals surface area contributed by atoms with Crippen LogP contribution < -0.4 is 5.73 Å². The Bertz CT molecular complexity index is 399. The molecule has 3 heteroatoms. The zero-order valence-electron chi connectivity index (χ0n) is 10.3. The van der Waals surface area contributed by atoms with Gasteiger partial charge in [0.2, 0.25) is 0 Å². The first-order valence-electron chi connectivity index (χ1n) is 7.00. The van der Waals surface area contributed by atoms with Crippen molar-refractivity contribution in [3.8, 4) is 0 Å². The van der Waals surface area contributed by atoms with Gasteiger partial charge in [0, 0.05) is 12.7 Å². The first-order valence-corrected chi connectivity index (χ1v) is 7.00. The van der Waals surface area contributed by atoms with Crippen LogP contribution in [0.4, 0.5) is 5.82 Å². The van der Waals surface area contributed by atoms with E-state index in [1.165, 1.54) is 38.5 Å². The van der Waals surface area contributed by atoms with Crippen LogP contribution >= 0.6 is 0 Å². The summed E-state index contributed by atoms with van der Waals surface area (Å²) >= 11 is 0. The number of aromatic nitrogens is 2. The van der Waals surface area contributed by atoms with E-state index in [1.54, 1.807) is 0 Å². The van der Waals surface area contributed by atoms with Crippen molar-refractivity contribution in [3.05, 3.63) is 12.3 Å². The van der Waals surface area contributed by atoms with Crippen LogP contribution in [0.1, 0.15) is 38.5 Å². The van der Waals surface area contributed by atoms with Crippen LogP contribution in [0.2, 0.25) is 0 Å². The third-order valence-electron chi connectivity index (χ3n) is 5.32. The summed E-state index contributed by atoms with van der Waals surface area (Å²) in [4.78, 5) is 0. The molecule has 3 nitrogen and oxygen atoms in total. The van der Waals surface area contributed by atoms with E-state index in [1.807, 2.05) is 12.3 Å². The predicted molar refractivity (Wildman–Crippen MR) is 67.2 cm³/mol. The van der Waals surface area contributed by atoms with Crippen LogP contribution in [-0.2, 0) is 6.54 Å². The fourth-order valence-electron chi connectivity index (χ4n) is 5.29. The van der Waals surface area contributed by atoms with Crippen molar-refractivity contribution in [3.63, 3.8) is 0 Å². The molecule has 0 atom stereocenters. The first kappa shape index (κ1) is 9.98. The van der Waals surface area contributed by atoms with Gasteiger partial charge in [0.05, 0.1) is 0 Å². The molecule has 0 spiro atoms. The fourth-order valence-corrected chi connectivity index (χ4v) is 5.29. The molecule has 2 N–H and O–H groups in total. The van der Waals surface area contributed by atoms with Gasteiger partial charge in [0.25, 0.3) is 0 Å². The highest BCUT2D eigenvalue weighted by Crippen LogP contribution is 2.60. The van der Waals surface area contributed by atoms with Crippen molar-refractivity contribution in [2.45, 2.75) is 45.1 Å². The van der Waals surface area contributed by atoms with E-state index in [4.69, 9.17) is 5.73 Å². The molecule has 92 valence electrons. The highest BCUT2D eigenvalue weighted by atomic mass is 15.3. The molecule has 4 fully saturated rings. The minimum Gasteiger partial charge on any atom is -0.382 e. The molecular formula is C14H21N3. The van der Waals surface area contributed by atoms with Gasteiger partial charge in [0.1, 0.15) is 5.82 Å². The minimum absolute atomic E-state index is 0.563. The number of nitrogen functional groups attached to an aromatic ring is 1. The van der Waals surface area contributed by atoms with E-state index < -0.39 is 0 Å². The molecular weight excluding hydrogens is 210 g/mol. The second-order valence-electron chi connectivity index (χ2n) is 6.86. The standard InChI is InChI=1S/C14H21N3/c15-13-1-2-17(16-13)9-14-6-10-3-11(7-14)5-12(4-10)8-14/h1-2,10-12H,3-9H2,(H2,15,16). The van der Waals surface area contributed by atoms with E-state index in [0.29, 0.717) is 11.2 Å². The molecule has 1 aromatic rings. The lowest BCUT2D eigenvalue weighted by atomic mass is 9.49. The second kappa shape index (κ2) is 3.27. The summed E-state index contributed by atoms with van der Waals surface area (Å²) in [6.07, 6.45) is 10.9. The molecule has 0 aliphatic heterocycles. The van der Waals surface area contributed by atoms with Gasteiger partial charge in [-0.2, -0.15) is 5.10 Å². The smallest absolute Gasteiger partial charge is 0.145 e. The third kappa shape index (κ3) is 1.59. The summed E-state index contributed by atoms with van der Waals surface area (Å²) in [5.41, 5.74) is 6.28. The maximum absolute atomic E-state index is 5.71. The Hall–Kier alpha value is -0.990. The number of nitrogens with zero attached hydrogens (tertiary/aromatic N) is 2. The highest BCUT2D eigenvalue weighted by molar-refractivity contribution is 5.23. The maximum atomic E-state index is 5.71. The van der Waals surface area contributed by atoms with Crippen LogP contribution in [0.15, 0.2) is 12.3 Å².